The van der Waals surface area contributed by atoms with Gasteiger partial charge in [0.15, 0.2) is 6.10 Å². The van der Waals surface area contributed by atoms with Crippen LogP contribution >= 0.6 is 0 Å². The van der Waals surface area contributed by atoms with E-state index in [4.69, 9.17) is 14.2 Å². The lowest BCUT2D eigenvalue weighted by atomic mass is 10.1. The van der Waals surface area contributed by atoms with Gasteiger partial charge in [-0.15, -0.1) is 0 Å². The van der Waals surface area contributed by atoms with E-state index in [0.717, 1.165) is 0 Å². The van der Waals surface area contributed by atoms with Crippen molar-refractivity contribution >= 4 is 17.6 Å². The van der Waals surface area contributed by atoms with E-state index < -0.39 is 12.1 Å². The zero-order chi connectivity index (χ0) is 19.1. The summed E-state index contributed by atoms with van der Waals surface area (Å²) in [6.45, 7) is 3.62. The molecule has 0 aromatic heterocycles. The third-order valence-electron chi connectivity index (χ3n) is 4.00. The zero-order valence-electron chi connectivity index (χ0n) is 15.4. The van der Waals surface area contributed by atoms with Crippen molar-refractivity contribution in [1.82, 2.24) is 0 Å². The van der Waals surface area contributed by atoms with E-state index in [9.17, 15) is 9.59 Å². The van der Waals surface area contributed by atoms with Crippen LogP contribution in [0.4, 0.5) is 5.69 Å². The van der Waals surface area contributed by atoms with Crippen LogP contribution in [0.1, 0.15) is 29.3 Å². The van der Waals surface area contributed by atoms with Gasteiger partial charge < -0.3 is 19.5 Å². The zero-order valence-corrected chi connectivity index (χ0v) is 15.4. The Hall–Kier alpha value is -3.02. The van der Waals surface area contributed by atoms with Gasteiger partial charge in [-0.05, 0) is 55.3 Å². The lowest BCUT2D eigenvalue weighted by Crippen LogP contribution is -2.32. The molecule has 1 atom stereocenters. The largest absolute Gasteiger partial charge is 0.497 e. The Morgan fingerprint density at radius 2 is 1.69 bits per heavy atom. The summed E-state index contributed by atoms with van der Waals surface area (Å²) in [5.41, 5.74) is 1.61. The van der Waals surface area contributed by atoms with Gasteiger partial charge in [0.1, 0.15) is 11.5 Å². The van der Waals surface area contributed by atoms with Gasteiger partial charge in [-0.1, -0.05) is 13.0 Å². The first kappa shape index (κ1) is 19.3. The fourth-order valence-corrected chi connectivity index (χ4v) is 2.46. The number of hydrogen-bond acceptors (Lipinski definition) is 5. The highest BCUT2D eigenvalue weighted by Crippen LogP contribution is 2.22. The van der Waals surface area contributed by atoms with Gasteiger partial charge in [0.05, 0.1) is 19.8 Å². The molecule has 0 aliphatic heterocycles. The van der Waals surface area contributed by atoms with Gasteiger partial charge >= 0.3 is 5.97 Å². The molecule has 6 nitrogen and oxygen atoms in total. The van der Waals surface area contributed by atoms with Crippen LogP contribution in [-0.2, 0) is 9.53 Å². The van der Waals surface area contributed by atoms with Gasteiger partial charge in [-0.3, -0.25) is 4.79 Å². The van der Waals surface area contributed by atoms with E-state index in [2.05, 4.69) is 5.32 Å². The topological polar surface area (TPSA) is 73.9 Å². The number of hydrogen-bond donors (Lipinski definition) is 1. The molecular formula is C20H23NO5. The summed E-state index contributed by atoms with van der Waals surface area (Å²) in [5.74, 6) is 0.562. The molecule has 0 bridgehead atoms. The highest BCUT2D eigenvalue weighted by Gasteiger charge is 2.20. The Kier molecular flexibility index (Phi) is 6.60. The van der Waals surface area contributed by atoms with Crippen molar-refractivity contribution in [2.24, 2.45) is 0 Å². The number of rotatable bonds is 7. The van der Waals surface area contributed by atoms with Gasteiger partial charge in [0.25, 0.3) is 5.91 Å². The second-order valence-electron chi connectivity index (χ2n) is 5.65. The average Bonchev–Trinajstić information content (AvgIpc) is 2.67. The molecule has 0 spiro atoms. The molecule has 0 saturated carbocycles. The minimum absolute atomic E-state index is 0.284. The molecule has 6 heteroatoms. The smallest absolute Gasteiger partial charge is 0.338 e. The van der Waals surface area contributed by atoms with Gasteiger partial charge in [-0.25, -0.2) is 4.79 Å². The molecule has 138 valence electrons. The third-order valence-corrected chi connectivity index (χ3v) is 4.00. The predicted octanol–water partition coefficient (Wildman–Crippen LogP) is 3.59. The molecule has 0 fully saturated rings. The van der Waals surface area contributed by atoms with Crippen molar-refractivity contribution < 1.29 is 23.8 Å². The Balaban J connectivity index is 2.12. The van der Waals surface area contributed by atoms with E-state index in [1.54, 1.807) is 56.5 Å². The predicted molar refractivity (Wildman–Crippen MR) is 98.8 cm³/mol. The van der Waals surface area contributed by atoms with Crippen LogP contribution in [0, 0.1) is 6.92 Å². The molecular weight excluding hydrogens is 334 g/mol. The molecule has 0 aliphatic rings. The van der Waals surface area contributed by atoms with Crippen LogP contribution in [0.25, 0.3) is 0 Å². The van der Waals surface area contributed by atoms with E-state index in [1.165, 1.54) is 7.11 Å². The molecule has 2 rings (SSSR count). The first-order chi connectivity index (χ1) is 12.5. The summed E-state index contributed by atoms with van der Waals surface area (Å²) in [6, 6.07) is 12.1. The SMILES string of the molecule is CC[C@H](Oc1ccc(OC)cc1)C(=O)Nc1cccc(C(=O)OC)c1C. The van der Waals surface area contributed by atoms with Crippen molar-refractivity contribution in [3.63, 3.8) is 0 Å². The Morgan fingerprint density at radius 3 is 2.27 bits per heavy atom. The van der Waals surface area contributed by atoms with Crippen LogP contribution in [-0.4, -0.2) is 32.2 Å². The highest BCUT2D eigenvalue weighted by atomic mass is 16.5. The standard InChI is InChI=1S/C20H23NO5/c1-5-18(26-15-11-9-14(24-3)10-12-15)19(22)21-17-8-6-7-16(13(17)2)20(23)25-4/h6-12,18H,5H2,1-4H3,(H,21,22)/t18-/m0/s1. The van der Waals surface area contributed by atoms with Gasteiger partial charge in [-0.2, -0.15) is 0 Å². The molecule has 0 unspecified atom stereocenters. The van der Waals surface area contributed by atoms with Crippen LogP contribution in [0.2, 0.25) is 0 Å². The maximum absolute atomic E-state index is 12.6. The number of esters is 1. The second-order valence-corrected chi connectivity index (χ2v) is 5.65. The van der Waals surface area contributed by atoms with Gasteiger partial charge in [0.2, 0.25) is 0 Å². The number of benzene rings is 2. The number of methoxy groups -OCH3 is 2. The molecule has 0 aliphatic carbocycles. The fourth-order valence-electron chi connectivity index (χ4n) is 2.46. The summed E-state index contributed by atoms with van der Waals surface area (Å²) >= 11 is 0. The van der Waals surface area contributed by atoms with E-state index in [-0.39, 0.29) is 5.91 Å². The summed E-state index contributed by atoms with van der Waals surface area (Å²) < 4.78 is 15.6. The number of nitrogens with one attached hydrogen (secondary N) is 1. The third kappa shape index (κ3) is 4.53. The average molecular weight is 357 g/mol. The molecule has 0 heterocycles. The van der Waals surface area contributed by atoms with Crippen molar-refractivity contribution in [2.45, 2.75) is 26.4 Å². The number of carbonyl (C=O) groups is 2. The maximum Gasteiger partial charge on any atom is 0.338 e. The summed E-state index contributed by atoms with van der Waals surface area (Å²) in [5, 5.41) is 2.83. The normalized spacial score (nSPS) is 11.4. The fraction of sp³-hybridized carbons (Fsp3) is 0.300. The van der Waals surface area contributed by atoms with Crippen molar-refractivity contribution in [2.75, 3.05) is 19.5 Å². The number of carbonyl (C=O) groups excluding carboxylic acids is 2. The molecule has 0 saturated heterocycles. The van der Waals surface area contributed by atoms with Gasteiger partial charge in [0, 0.05) is 5.69 Å². The Bertz CT molecular complexity index is 770. The first-order valence-corrected chi connectivity index (χ1v) is 8.29. The molecule has 0 radical (unpaired) electrons. The van der Waals surface area contributed by atoms with Crippen molar-refractivity contribution in [3.8, 4) is 11.5 Å². The van der Waals surface area contributed by atoms with Crippen LogP contribution in [0.15, 0.2) is 42.5 Å². The van der Waals surface area contributed by atoms with Crippen molar-refractivity contribution in [1.29, 1.82) is 0 Å². The van der Waals surface area contributed by atoms with E-state index in [0.29, 0.717) is 34.7 Å². The molecule has 26 heavy (non-hydrogen) atoms. The Morgan fingerprint density at radius 1 is 1.04 bits per heavy atom. The first-order valence-electron chi connectivity index (χ1n) is 8.29. The van der Waals surface area contributed by atoms with Crippen LogP contribution < -0.4 is 14.8 Å². The number of amides is 1. The van der Waals surface area contributed by atoms with Crippen LogP contribution in [0.3, 0.4) is 0 Å². The minimum Gasteiger partial charge on any atom is -0.497 e. The maximum atomic E-state index is 12.6. The van der Waals surface area contributed by atoms with E-state index in [1.807, 2.05) is 6.92 Å². The second kappa shape index (κ2) is 8.89. The quantitative estimate of drug-likeness (QED) is 0.767. The number of ether oxygens (including phenoxy) is 3. The summed E-state index contributed by atoms with van der Waals surface area (Å²) in [4.78, 5) is 24.4. The molecule has 2 aromatic carbocycles. The Labute approximate surface area is 153 Å². The van der Waals surface area contributed by atoms with Crippen LogP contribution in [0.5, 0.6) is 11.5 Å². The molecule has 2 aromatic rings. The molecule has 1 amide bonds. The molecule has 1 N–H and O–H groups in total. The lowest BCUT2D eigenvalue weighted by molar-refractivity contribution is -0.122. The van der Waals surface area contributed by atoms with Crippen molar-refractivity contribution in [3.05, 3.63) is 53.6 Å². The monoisotopic (exact) mass is 357 g/mol. The van der Waals surface area contributed by atoms with E-state index >= 15 is 0 Å². The summed E-state index contributed by atoms with van der Waals surface area (Å²) in [7, 11) is 2.91. The number of anilines is 1. The lowest BCUT2D eigenvalue weighted by Gasteiger charge is -2.19. The minimum atomic E-state index is -0.662. The summed E-state index contributed by atoms with van der Waals surface area (Å²) in [6.07, 6.45) is -0.169. The highest BCUT2D eigenvalue weighted by molar-refractivity contribution is 5.98.